The lowest BCUT2D eigenvalue weighted by Crippen LogP contribution is -2.24. The number of halogens is 1. The molecular formula is C18H21ClN2O. The highest BCUT2D eigenvalue weighted by Crippen LogP contribution is 2.20. The van der Waals surface area contributed by atoms with E-state index < -0.39 is 0 Å². The number of nitrogens with zero attached hydrogens (tertiary/aromatic N) is 1. The molecule has 2 aromatic carbocycles. The first kappa shape index (κ1) is 16.5. The molecule has 1 N–H and O–H groups in total. The fraction of sp³-hybridized carbons (Fsp3) is 0.278. The normalized spacial score (nSPS) is 10.7. The number of nitrogens with one attached hydrogen (secondary N) is 1. The molecule has 0 radical (unpaired) electrons. The van der Waals surface area contributed by atoms with Crippen molar-refractivity contribution in [3.05, 3.63) is 64.7 Å². The Bertz CT molecular complexity index is 628. The number of anilines is 1. The van der Waals surface area contributed by atoms with Crippen LogP contribution in [0.15, 0.2) is 48.5 Å². The quantitative estimate of drug-likeness (QED) is 0.870. The Morgan fingerprint density at radius 1 is 1.18 bits per heavy atom. The van der Waals surface area contributed by atoms with Gasteiger partial charge in [-0.1, -0.05) is 48.0 Å². The molecule has 0 atom stereocenters. The third kappa shape index (κ3) is 5.17. The second-order valence-electron chi connectivity index (χ2n) is 5.49. The molecule has 0 aliphatic rings. The van der Waals surface area contributed by atoms with Crippen LogP contribution in [0.1, 0.15) is 17.5 Å². The van der Waals surface area contributed by atoms with Crippen LogP contribution in [0.3, 0.4) is 0 Å². The van der Waals surface area contributed by atoms with Gasteiger partial charge in [0.25, 0.3) is 0 Å². The molecule has 0 spiro atoms. The highest BCUT2D eigenvalue weighted by atomic mass is 35.5. The minimum absolute atomic E-state index is 0.000156. The van der Waals surface area contributed by atoms with Crippen LogP contribution in [0, 0.1) is 6.92 Å². The summed E-state index contributed by atoms with van der Waals surface area (Å²) in [7, 11) is 2.02. The van der Waals surface area contributed by atoms with Crippen LogP contribution in [0.4, 0.5) is 5.69 Å². The number of benzene rings is 2. The van der Waals surface area contributed by atoms with Crippen LogP contribution in [0.25, 0.3) is 0 Å². The second kappa shape index (κ2) is 7.97. The molecule has 22 heavy (non-hydrogen) atoms. The lowest BCUT2D eigenvalue weighted by Gasteiger charge is -2.16. The van der Waals surface area contributed by atoms with Crippen LogP contribution in [-0.2, 0) is 11.3 Å². The molecule has 116 valence electrons. The number of aryl methyl sites for hydroxylation is 1. The minimum atomic E-state index is -0.000156. The Balaban J connectivity index is 1.78. The molecule has 0 aromatic heterocycles. The van der Waals surface area contributed by atoms with Crippen LogP contribution in [0.5, 0.6) is 0 Å². The smallest absolute Gasteiger partial charge is 0.225 e. The largest absolute Gasteiger partial charge is 0.326 e. The maximum Gasteiger partial charge on any atom is 0.225 e. The van der Waals surface area contributed by atoms with E-state index >= 15 is 0 Å². The second-order valence-corrected chi connectivity index (χ2v) is 5.89. The van der Waals surface area contributed by atoms with E-state index in [-0.39, 0.29) is 5.91 Å². The van der Waals surface area contributed by atoms with Gasteiger partial charge in [-0.15, -0.1) is 0 Å². The number of carbonyl (C=O) groups excluding carboxylic acids is 1. The maximum atomic E-state index is 12.0. The number of amides is 1. The summed E-state index contributed by atoms with van der Waals surface area (Å²) in [5.41, 5.74) is 2.99. The topological polar surface area (TPSA) is 32.3 Å². The first-order valence-electron chi connectivity index (χ1n) is 7.33. The summed E-state index contributed by atoms with van der Waals surface area (Å²) in [5, 5.41) is 3.54. The van der Waals surface area contributed by atoms with E-state index in [0.29, 0.717) is 18.0 Å². The summed E-state index contributed by atoms with van der Waals surface area (Å²) in [6.07, 6.45) is 0.453. The minimum Gasteiger partial charge on any atom is -0.326 e. The summed E-state index contributed by atoms with van der Waals surface area (Å²) in [5.74, 6) is -0.000156. The molecule has 4 heteroatoms. The predicted octanol–water partition coefficient (Wildman–Crippen LogP) is 4.11. The van der Waals surface area contributed by atoms with Crippen LogP contribution >= 0.6 is 11.6 Å². The lowest BCUT2D eigenvalue weighted by atomic mass is 10.2. The molecule has 3 nitrogen and oxygen atoms in total. The molecule has 0 bridgehead atoms. The van der Waals surface area contributed by atoms with E-state index in [2.05, 4.69) is 22.3 Å². The maximum absolute atomic E-state index is 12.0. The van der Waals surface area contributed by atoms with Crippen LogP contribution in [0.2, 0.25) is 5.02 Å². The molecule has 2 rings (SSSR count). The summed E-state index contributed by atoms with van der Waals surface area (Å²) in [4.78, 5) is 14.1. The number of rotatable bonds is 6. The van der Waals surface area contributed by atoms with Crippen molar-refractivity contribution < 1.29 is 4.79 Å². The Kier molecular flexibility index (Phi) is 5.99. The van der Waals surface area contributed by atoms with Gasteiger partial charge in [0.15, 0.2) is 0 Å². The van der Waals surface area contributed by atoms with Gasteiger partial charge < -0.3 is 10.2 Å². The van der Waals surface area contributed by atoms with Crippen LogP contribution < -0.4 is 5.32 Å². The van der Waals surface area contributed by atoms with E-state index in [1.807, 2.05) is 44.3 Å². The Morgan fingerprint density at radius 2 is 1.91 bits per heavy atom. The SMILES string of the molecule is Cc1ccc(NC(=O)CCN(C)Cc2ccccc2)cc1Cl. The van der Waals surface area contributed by atoms with Crippen molar-refractivity contribution in [1.82, 2.24) is 4.90 Å². The van der Waals surface area contributed by atoms with Gasteiger partial charge in [-0.05, 0) is 37.2 Å². The monoisotopic (exact) mass is 316 g/mol. The average molecular weight is 317 g/mol. The van der Waals surface area contributed by atoms with Gasteiger partial charge in [-0.25, -0.2) is 0 Å². The van der Waals surface area contributed by atoms with E-state index in [9.17, 15) is 4.79 Å². The van der Waals surface area contributed by atoms with Gasteiger partial charge >= 0.3 is 0 Å². The standard InChI is InChI=1S/C18H21ClN2O/c1-14-8-9-16(12-17(14)19)20-18(22)10-11-21(2)13-15-6-4-3-5-7-15/h3-9,12H,10-11,13H2,1-2H3,(H,20,22). The van der Waals surface area contributed by atoms with Gasteiger partial charge in [-0.3, -0.25) is 4.79 Å². The Hall–Kier alpha value is -1.84. The first-order chi connectivity index (χ1) is 10.5. The van der Waals surface area contributed by atoms with Gasteiger partial charge in [0, 0.05) is 30.2 Å². The molecule has 1 amide bonds. The zero-order chi connectivity index (χ0) is 15.9. The highest BCUT2D eigenvalue weighted by molar-refractivity contribution is 6.31. The molecule has 0 unspecified atom stereocenters. The van der Waals surface area contributed by atoms with Crippen molar-refractivity contribution in [3.8, 4) is 0 Å². The van der Waals surface area contributed by atoms with Crippen molar-refractivity contribution in [2.24, 2.45) is 0 Å². The number of hydrogen-bond acceptors (Lipinski definition) is 2. The third-order valence-electron chi connectivity index (χ3n) is 3.47. The fourth-order valence-corrected chi connectivity index (χ4v) is 2.34. The van der Waals surface area contributed by atoms with E-state index in [1.165, 1.54) is 5.56 Å². The van der Waals surface area contributed by atoms with Gasteiger partial charge in [0.05, 0.1) is 0 Å². The lowest BCUT2D eigenvalue weighted by molar-refractivity contribution is -0.116. The zero-order valence-electron chi connectivity index (χ0n) is 13.0. The zero-order valence-corrected chi connectivity index (χ0v) is 13.7. The molecule has 0 heterocycles. The van der Waals surface area contributed by atoms with E-state index in [4.69, 9.17) is 11.6 Å². The third-order valence-corrected chi connectivity index (χ3v) is 3.88. The average Bonchev–Trinajstić information content (AvgIpc) is 2.50. The molecule has 2 aromatic rings. The molecule has 0 saturated carbocycles. The van der Waals surface area contributed by atoms with Gasteiger partial charge in [0.2, 0.25) is 5.91 Å². The van der Waals surface area contributed by atoms with Gasteiger partial charge in [-0.2, -0.15) is 0 Å². The van der Waals surface area contributed by atoms with Gasteiger partial charge in [0.1, 0.15) is 0 Å². The Morgan fingerprint density at radius 3 is 2.59 bits per heavy atom. The molecule has 0 saturated heterocycles. The van der Waals surface area contributed by atoms with E-state index in [1.54, 1.807) is 6.07 Å². The predicted molar refractivity (Wildman–Crippen MR) is 92.2 cm³/mol. The summed E-state index contributed by atoms with van der Waals surface area (Å²) in [6, 6.07) is 15.8. The van der Waals surface area contributed by atoms with Crippen LogP contribution in [-0.4, -0.2) is 24.4 Å². The molecule has 0 fully saturated rings. The Labute approximate surface area is 136 Å². The van der Waals surface area contributed by atoms with E-state index in [0.717, 1.165) is 17.8 Å². The van der Waals surface area contributed by atoms with Crippen molar-refractivity contribution >= 4 is 23.2 Å². The summed E-state index contributed by atoms with van der Waals surface area (Å²) < 4.78 is 0. The summed E-state index contributed by atoms with van der Waals surface area (Å²) >= 11 is 6.06. The molecule has 0 aliphatic carbocycles. The van der Waals surface area contributed by atoms with Crippen molar-refractivity contribution in [1.29, 1.82) is 0 Å². The summed E-state index contributed by atoms with van der Waals surface area (Å²) in [6.45, 7) is 3.48. The number of carbonyl (C=O) groups is 1. The molecule has 0 aliphatic heterocycles. The van der Waals surface area contributed by atoms with Crippen molar-refractivity contribution in [3.63, 3.8) is 0 Å². The molecular weight excluding hydrogens is 296 g/mol. The van der Waals surface area contributed by atoms with Crippen molar-refractivity contribution in [2.45, 2.75) is 19.9 Å². The first-order valence-corrected chi connectivity index (χ1v) is 7.71. The van der Waals surface area contributed by atoms with Crippen molar-refractivity contribution in [2.75, 3.05) is 18.9 Å². The highest BCUT2D eigenvalue weighted by Gasteiger charge is 2.06. The fourth-order valence-electron chi connectivity index (χ4n) is 2.16. The number of hydrogen-bond donors (Lipinski definition) is 1.